The lowest BCUT2D eigenvalue weighted by atomic mass is 10.2. The summed E-state index contributed by atoms with van der Waals surface area (Å²) in [5.41, 5.74) is 10.6. The highest BCUT2D eigenvalue weighted by atomic mass is 32.1. The molecule has 3 aromatic heterocycles. The summed E-state index contributed by atoms with van der Waals surface area (Å²) in [5, 5.41) is 6.07. The first kappa shape index (κ1) is 18.1. The van der Waals surface area contributed by atoms with E-state index in [0.717, 1.165) is 33.7 Å². The van der Waals surface area contributed by atoms with E-state index in [4.69, 9.17) is 15.1 Å². The van der Waals surface area contributed by atoms with Crippen molar-refractivity contribution in [2.24, 2.45) is 5.73 Å². The molecule has 1 aromatic carbocycles. The van der Waals surface area contributed by atoms with Crippen molar-refractivity contribution in [2.45, 2.75) is 20.4 Å². The quantitative estimate of drug-likeness (QED) is 0.497. The predicted octanol–water partition coefficient (Wildman–Crippen LogP) is 4.71. The van der Waals surface area contributed by atoms with Crippen molar-refractivity contribution in [3.8, 4) is 11.4 Å². The molecule has 1 amide bonds. The van der Waals surface area contributed by atoms with Crippen LogP contribution >= 0.6 is 11.3 Å². The lowest BCUT2D eigenvalue weighted by Crippen LogP contribution is -2.12. The summed E-state index contributed by atoms with van der Waals surface area (Å²) in [6.45, 7) is 4.43. The van der Waals surface area contributed by atoms with Gasteiger partial charge >= 0.3 is 0 Å². The first-order chi connectivity index (χ1) is 13.5. The lowest BCUT2D eigenvalue weighted by Gasteiger charge is -2.09. The third-order valence-corrected chi connectivity index (χ3v) is 5.35. The molecule has 7 heteroatoms. The third-order valence-electron chi connectivity index (χ3n) is 4.60. The molecule has 0 radical (unpaired) electrons. The van der Waals surface area contributed by atoms with Crippen molar-refractivity contribution in [2.75, 3.05) is 5.32 Å². The summed E-state index contributed by atoms with van der Waals surface area (Å²) < 4.78 is 7.48. The molecule has 0 atom stereocenters. The molecule has 0 bridgehead atoms. The van der Waals surface area contributed by atoms with Gasteiger partial charge in [0.05, 0.1) is 29.8 Å². The number of amides is 1. The fourth-order valence-corrected chi connectivity index (χ4v) is 3.80. The van der Waals surface area contributed by atoms with Crippen LogP contribution in [0, 0.1) is 13.8 Å². The van der Waals surface area contributed by atoms with E-state index in [1.54, 1.807) is 12.3 Å². The largest absolute Gasteiger partial charge is 0.467 e. The number of nitrogens with two attached hydrogens (primary N) is 1. The van der Waals surface area contributed by atoms with Gasteiger partial charge in [-0.15, -0.1) is 11.3 Å². The summed E-state index contributed by atoms with van der Waals surface area (Å²) in [4.78, 5) is 16.6. The Kier molecular flexibility index (Phi) is 4.75. The first-order valence-corrected chi connectivity index (χ1v) is 9.71. The minimum absolute atomic E-state index is 0.454. The highest BCUT2D eigenvalue weighted by Crippen LogP contribution is 2.31. The van der Waals surface area contributed by atoms with Gasteiger partial charge in [-0.25, -0.2) is 4.98 Å². The maximum Gasteiger partial charge on any atom is 0.250 e. The molecule has 142 valence electrons. The fraction of sp³-hybridized carbons (Fsp3) is 0.143. The Morgan fingerprint density at radius 3 is 2.71 bits per heavy atom. The predicted molar refractivity (Wildman–Crippen MR) is 111 cm³/mol. The Labute approximate surface area is 166 Å². The molecule has 3 heterocycles. The molecule has 4 rings (SSSR count). The minimum atomic E-state index is -0.454. The molecule has 0 fully saturated rings. The number of nitrogens with zero attached hydrogens (tertiary/aromatic N) is 2. The van der Waals surface area contributed by atoms with Crippen molar-refractivity contribution in [3.05, 3.63) is 76.7 Å². The van der Waals surface area contributed by atoms with Gasteiger partial charge < -0.3 is 20.0 Å². The molecular weight excluding hydrogens is 372 g/mol. The number of rotatable bonds is 6. The second-order valence-electron chi connectivity index (χ2n) is 6.59. The standard InChI is InChI=1S/C21H20N4O2S/c1-13-5-7-15(8-6-13)23-21-24-18(12-28-21)19-10-17(20(22)26)14(2)25(19)11-16-4-3-9-27-16/h3-10,12H,11H2,1-2H3,(H2,22,26)(H,23,24). The number of carbonyl (C=O) groups excluding carboxylic acids is 1. The van der Waals surface area contributed by atoms with Crippen LogP contribution in [0.25, 0.3) is 11.4 Å². The van der Waals surface area contributed by atoms with Crippen LogP contribution in [-0.2, 0) is 6.54 Å². The molecule has 28 heavy (non-hydrogen) atoms. The van der Waals surface area contributed by atoms with E-state index in [9.17, 15) is 4.79 Å². The number of hydrogen-bond acceptors (Lipinski definition) is 5. The Morgan fingerprint density at radius 2 is 2.04 bits per heavy atom. The Morgan fingerprint density at radius 1 is 1.25 bits per heavy atom. The normalized spacial score (nSPS) is 10.9. The molecule has 0 aliphatic heterocycles. The van der Waals surface area contributed by atoms with Crippen LogP contribution < -0.4 is 11.1 Å². The monoisotopic (exact) mass is 392 g/mol. The summed E-state index contributed by atoms with van der Waals surface area (Å²) in [6.07, 6.45) is 1.63. The number of aromatic nitrogens is 2. The van der Waals surface area contributed by atoms with Crippen molar-refractivity contribution < 1.29 is 9.21 Å². The zero-order chi connectivity index (χ0) is 19.7. The van der Waals surface area contributed by atoms with Crippen molar-refractivity contribution in [1.29, 1.82) is 0 Å². The summed E-state index contributed by atoms with van der Waals surface area (Å²) >= 11 is 1.51. The molecule has 0 spiro atoms. The van der Waals surface area contributed by atoms with Gasteiger partial charge in [0.2, 0.25) is 0 Å². The number of carbonyl (C=O) groups is 1. The van der Waals surface area contributed by atoms with Gasteiger partial charge in [0.25, 0.3) is 5.91 Å². The number of furan rings is 1. The van der Waals surface area contributed by atoms with Gasteiger partial charge in [-0.1, -0.05) is 17.7 Å². The molecule has 0 aliphatic carbocycles. The van der Waals surface area contributed by atoms with Crippen LogP contribution in [0.5, 0.6) is 0 Å². The van der Waals surface area contributed by atoms with E-state index in [2.05, 4.69) is 12.2 Å². The molecule has 0 saturated carbocycles. The van der Waals surface area contributed by atoms with Crippen molar-refractivity contribution >= 4 is 28.1 Å². The number of primary amides is 1. The Hall–Kier alpha value is -3.32. The van der Waals surface area contributed by atoms with Gasteiger partial charge in [0.1, 0.15) is 5.76 Å². The topological polar surface area (TPSA) is 86.1 Å². The number of nitrogens with one attached hydrogen (secondary N) is 1. The first-order valence-electron chi connectivity index (χ1n) is 8.83. The van der Waals surface area contributed by atoms with E-state index in [1.165, 1.54) is 16.9 Å². The number of hydrogen-bond donors (Lipinski definition) is 2. The van der Waals surface area contributed by atoms with E-state index in [-0.39, 0.29) is 0 Å². The van der Waals surface area contributed by atoms with Crippen LogP contribution in [0.4, 0.5) is 10.8 Å². The van der Waals surface area contributed by atoms with Gasteiger partial charge in [-0.05, 0) is 44.2 Å². The van der Waals surface area contributed by atoms with E-state index in [1.807, 2.05) is 53.3 Å². The summed E-state index contributed by atoms with van der Waals surface area (Å²) in [6, 6.07) is 13.7. The van der Waals surface area contributed by atoms with E-state index < -0.39 is 5.91 Å². The van der Waals surface area contributed by atoms with Gasteiger partial charge in [0, 0.05) is 16.8 Å². The Balaban J connectivity index is 1.68. The fourth-order valence-electron chi connectivity index (χ4n) is 3.08. The second-order valence-corrected chi connectivity index (χ2v) is 7.45. The van der Waals surface area contributed by atoms with Crippen molar-refractivity contribution in [1.82, 2.24) is 9.55 Å². The lowest BCUT2D eigenvalue weighted by molar-refractivity contribution is 0.0999. The minimum Gasteiger partial charge on any atom is -0.467 e. The van der Waals surface area contributed by atoms with E-state index in [0.29, 0.717) is 12.1 Å². The van der Waals surface area contributed by atoms with Crippen molar-refractivity contribution in [3.63, 3.8) is 0 Å². The third kappa shape index (κ3) is 3.57. The smallest absolute Gasteiger partial charge is 0.250 e. The number of benzene rings is 1. The maximum atomic E-state index is 11.9. The number of aryl methyl sites for hydroxylation is 1. The zero-order valence-electron chi connectivity index (χ0n) is 15.6. The van der Waals surface area contributed by atoms with Crippen LogP contribution in [0.1, 0.15) is 27.4 Å². The van der Waals surface area contributed by atoms with Gasteiger partial charge in [-0.2, -0.15) is 0 Å². The van der Waals surface area contributed by atoms with Crippen LogP contribution in [0.15, 0.2) is 58.5 Å². The zero-order valence-corrected chi connectivity index (χ0v) is 16.4. The van der Waals surface area contributed by atoms with E-state index >= 15 is 0 Å². The van der Waals surface area contributed by atoms with Gasteiger partial charge in [-0.3, -0.25) is 4.79 Å². The Bertz CT molecular complexity index is 1110. The SMILES string of the molecule is Cc1ccc(Nc2nc(-c3cc(C(N)=O)c(C)n3Cc3ccco3)cs2)cc1. The molecule has 0 unspecified atom stereocenters. The molecule has 6 nitrogen and oxygen atoms in total. The number of anilines is 2. The summed E-state index contributed by atoms with van der Waals surface area (Å²) in [7, 11) is 0. The highest BCUT2D eigenvalue weighted by Gasteiger charge is 2.19. The second kappa shape index (κ2) is 7.36. The highest BCUT2D eigenvalue weighted by molar-refractivity contribution is 7.14. The van der Waals surface area contributed by atoms with Crippen LogP contribution in [-0.4, -0.2) is 15.5 Å². The maximum absolute atomic E-state index is 11.9. The summed E-state index contributed by atoms with van der Waals surface area (Å²) in [5.74, 6) is 0.342. The number of thiazole rings is 1. The van der Waals surface area contributed by atoms with Gasteiger partial charge in [0.15, 0.2) is 5.13 Å². The average molecular weight is 392 g/mol. The van der Waals surface area contributed by atoms with Crippen LogP contribution in [0.2, 0.25) is 0 Å². The molecule has 3 N–H and O–H groups in total. The molecule has 4 aromatic rings. The molecule has 0 saturated heterocycles. The van der Waals surface area contributed by atoms with Crippen LogP contribution in [0.3, 0.4) is 0 Å². The molecule has 0 aliphatic rings. The average Bonchev–Trinajstić information content (AvgIpc) is 3.40. The molecular formula is C21H20N4O2S.